The van der Waals surface area contributed by atoms with E-state index in [4.69, 9.17) is 5.11 Å². The van der Waals surface area contributed by atoms with Crippen molar-refractivity contribution in [2.24, 2.45) is 0 Å². The summed E-state index contributed by atoms with van der Waals surface area (Å²) < 4.78 is 0. The molecule has 2 atom stereocenters. The fraction of sp³-hybridized carbons (Fsp3) is 1.00. The summed E-state index contributed by atoms with van der Waals surface area (Å²) in [6.07, 6.45) is 10.4. The Balaban J connectivity index is 3.26. The lowest BCUT2D eigenvalue weighted by Gasteiger charge is -2.17. The van der Waals surface area contributed by atoms with E-state index in [2.05, 4.69) is 6.92 Å². The van der Waals surface area contributed by atoms with E-state index in [0.29, 0.717) is 19.3 Å². The van der Waals surface area contributed by atoms with Crippen molar-refractivity contribution in [3.8, 4) is 0 Å². The third kappa shape index (κ3) is 11.0. The van der Waals surface area contributed by atoms with E-state index in [1.54, 1.807) is 0 Å². The molecule has 0 fully saturated rings. The molecule has 0 heterocycles. The van der Waals surface area contributed by atoms with Gasteiger partial charge in [0.15, 0.2) is 0 Å². The van der Waals surface area contributed by atoms with Crippen LogP contribution >= 0.6 is 0 Å². The van der Waals surface area contributed by atoms with Gasteiger partial charge in [0.05, 0.1) is 12.2 Å². The summed E-state index contributed by atoms with van der Waals surface area (Å²) in [5.74, 6) is 0. The molecule has 0 unspecified atom stereocenters. The maximum absolute atomic E-state index is 9.69. The van der Waals surface area contributed by atoms with Crippen molar-refractivity contribution in [2.45, 2.75) is 89.8 Å². The molecular formula is C15H32O3. The van der Waals surface area contributed by atoms with Crippen LogP contribution in [0.2, 0.25) is 0 Å². The summed E-state index contributed by atoms with van der Waals surface area (Å²) in [6, 6.07) is 0. The Labute approximate surface area is 112 Å². The van der Waals surface area contributed by atoms with E-state index in [1.165, 1.54) is 38.5 Å². The summed E-state index contributed by atoms with van der Waals surface area (Å²) in [5, 5.41) is 27.9. The largest absolute Gasteiger partial charge is 0.396 e. The molecule has 18 heavy (non-hydrogen) atoms. The minimum atomic E-state index is -0.665. The van der Waals surface area contributed by atoms with Crippen molar-refractivity contribution in [2.75, 3.05) is 6.61 Å². The molecule has 110 valence electrons. The van der Waals surface area contributed by atoms with Gasteiger partial charge < -0.3 is 15.3 Å². The molecule has 0 aliphatic heterocycles. The number of hydrogen-bond donors (Lipinski definition) is 3. The molecule has 0 aromatic rings. The minimum Gasteiger partial charge on any atom is -0.396 e. The maximum atomic E-state index is 9.69. The van der Waals surface area contributed by atoms with E-state index in [1.807, 2.05) is 0 Å². The zero-order valence-corrected chi connectivity index (χ0v) is 12.0. The Morgan fingerprint density at radius 2 is 1.11 bits per heavy atom. The van der Waals surface area contributed by atoms with E-state index in [0.717, 1.165) is 12.8 Å². The molecule has 0 spiro atoms. The predicted octanol–water partition coefficient (Wildman–Crippen LogP) is 3.01. The molecule has 0 aromatic carbocycles. The van der Waals surface area contributed by atoms with Crippen LogP contribution in [-0.2, 0) is 0 Å². The van der Waals surface area contributed by atoms with Gasteiger partial charge in [-0.3, -0.25) is 0 Å². The Kier molecular flexibility index (Phi) is 13.2. The first-order valence-electron chi connectivity index (χ1n) is 7.69. The van der Waals surface area contributed by atoms with Crippen molar-refractivity contribution >= 4 is 0 Å². The Hall–Kier alpha value is -0.120. The molecule has 0 saturated carbocycles. The first-order valence-corrected chi connectivity index (χ1v) is 7.69. The third-order valence-electron chi connectivity index (χ3n) is 3.46. The minimum absolute atomic E-state index is 0.0849. The molecule has 0 aromatic heterocycles. The quantitative estimate of drug-likeness (QED) is 0.446. The molecule has 0 bridgehead atoms. The maximum Gasteiger partial charge on any atom is 0.0800 e. The van der Waals surface area contributed by atoms with Gasteiger partial charge in [-0.25, -0.2) is 0 Å². The fourth-order valence-corrected chi connectivity index (χ4v) is 2.17. The van der Waals surface area contributed by atoms with Crippen LogP contribution in [0.5, 0.6) is 0 Å². The van der Waals surface area contributed by atoms with E-state index < -0.39 is 12.2 Å². The van der Waals surface area contributed by atoms with Gasteiger partial charge in [0, 0.05) is 6.61 Å². The van der Waals surface area contributed by atoms with Crippen LogP contribution in [0.1, 0.15) is 77.6 Å². The zero-order valence-electron chi connectivity index (χ0n) is 12.0. The molecule has 0 rings (SSSR count). The topological polar surface area (TPSA) is 60.7 Å². The highest BCUT2D eigenvalue weighted by Gasteiger charge is 2.14. The average Bonchev–Trinajstić information content (AvgIpc) is 2.38. The highest BCUT2D eigenvalue weighted by atomic mass is 16.3. The van der Waals surface area contributed by atoms with Crippen molar-refractivity contribution in [3.05, 3.63) is 0 Å². The van der Waals surface area contributed by atoms with E-state index in [-0.39, 0.29) is 6.61 Å². The van der Waals surface area contributed by atoms with Crippen molar-refractivity contribution in [1.29, 1.82) is 0 Å². The molecule has 0 amide bonds. The monoisotopic (exact) mass is 260 g/mol. The Morgan fingerprint density at radius 1 is 0.667 bits per heavy atom. The number of unbranched alkanes of at least 4 members (excludes halogenated alkanes) is 7. The van der Waals surface area contributed by atoms with Crippen LogP contribution in [0.15, 0.2) is 0 Å². The fourth-order valence-electron chi connectivity index (χ4n) is 2.17. The summed E-state index contributed by atoms with van der Waals surface area (Å²) in [6.45, 7) is 2.31. The predicted molar refractivity (Wildman–Crippen MR) is 75.6 cm³/mol. The van der Waals surface area contributed by atoms with Crippen LogP contribution in [0, 0.1) is 0 Å². The van der Waals surface area contributed by atoms with E-state index in [9.17, 15) is 10.2 Å². The van der Waals surface area contributed by atoms with Gasteiger partial charge in [0.25, 0.3) is 0 Å². The molecule has 0 aliphatic carbocycles. The van der Waals surface area contributed by atoms with Crippen LogP contribution in [0.3, 0.4) is 0 Å². The molecule has 0 radical (unpaired) electrons. The SMILES string of the molecule is CCCCCCCCCC[C@@H](O)[C@@H](O)CCCO. The average molecular weight is 260 g/mol. The summed E-state index contributed by atoms with van der Waals surface area (Å²) in [7, 11) is 0. The van der Waals surface area contributed by atoms with E-state index >= 15 is 0 Å². The third-order valence-corrected chi connectivity index (χ3v) is 3.46. The van der Waals surface area contributed by atoms with Gasteiger partial charge in [0.2, 0.25) is 0 Å². The van der Waals surface area contributed by atoms with Crippen LogP contribution < -0.4 is 0 Å². The molecule has 0 saturated heterocycles. The standard InChI is InChI=1S/C15H32O3/c1-2-3-4-5-6-7-8-9-11-14(17)15(18)12-10-13-16/h14-18H,2-13H2,1H3/t14-,15+/m1/s1. The highest BCUT2D eigenvalue weighted by molar-refractivity contribution is 4.67. The first kappa shape index (κ1) is 17.9. The Morgan fingerprint density at radius 3 is 1.61 bits per heavy atom. The molecule has 0 aliphatic rings. The lowest BCUT2D eigenvalue weighted by atomic mass is 10.0. The van der Waals surface area contributed by atoms with Crippen LogP contribution in [0.25, 0.3) is 0 Å². The second kappa shape index (κ2) is 13.3. The molecule has 3 nitrogen and oxygen atoms in total. The van der Waals surface area contributed by atoms with Crippen molar-refractivity contribution in [3.63, 3.8) is 0 Å². The van der Waals surface area contributed by atoms with Gasteiger partial charge in [-0.2, -0.15) is 0 Å². The summed E-state index contributed by atoms with van der Waals surface area (Å²) >= 11 is 0. The molecular weight excluding hydrogens is 228 g/mol. The van der Waals surface area contributed by atoms with Gasteiger partial charge in [-0.1, -0.05) is 58.3 Å². The lowest BCUT2D eigenvalue weighted by molar-refractivity contribution is 0.00522. The molecule has 3 heteroatoms. The normalized spacial score (nSPS) is 14.7. The summed E-state index contributed by atoms with van der Waals surface area (Å²) in [5.41, 5.74) is 0. The van der Waals surface area contributed by atoms with Gasteiger partial charge >= 0.3 is 0 Å². The number of aliphatic hydroxyl groups excluding tert-OH is 3. The van der Waals surface area contributed by atoms with Crippen LogP contribution in [-0.4, -0.2) is 34.1 Å². The van der Waals surface area contributed by atoms with Crippen molar-refractivity contribution in [1.82, 2.24) is 0 Å². The van der Waals surface area contributed by atoms with Gasteiger partial charge in [0.1, 0.15) is 0 Å². The van der Waals surface area contributed by atoms with Gasteiger partial charge in [-0.05, 0) is 19.3 Å². The molecule has 3 N–H and O–H groups in total. The Bertz CT molecular complexity index is 162. The van der Waals surface area contributed by atoms with Gasteiger partial charge in [-0.15, -0.1) is 0 Å². The second-order valence-electron chi connectivity index (χ2n) is 5.26. The highest BCUT2D eigenvalue weighted by Crippen LogP contribution is 2.13. The summed E-state index contributed by atoms with van der Waals surface area (Å²) in [4.78, 5) is 0. The zero-order chi connectivity index (χ0) is 13.6. The smallest absolute Gasteiger partial charge is 0.0800 e. The first-order chi connectivity index (χ1) is 8.72. The number of aliphatic hydroxyl groups is 3. The van der Waals surface area contributed by atoms with Crippen LogP contribution in [0.4, 0.5) is 0 Å². The number of hydrogen-bond acceptors (Lipinski definition) is 3. The van der Waals surface area contributed by atoms with Crippen molar-refractivity contribution < 1.29 is 15.3 Å². The number of rotatable bonds is 13. The lowest BCUT2D eigenvalue weighted by Crippen LogP contribution is -2.25. The second-order valence-corrected chi connectivity index (χ2v) is 5.26.